The third-order valence-electron chi connectivity index (χ3n) is 6.51. The van der Waals surface area contributed by atoms with Crippen LogP contribution < -0.4 is 4.74 Å². The molecule has 0 bridgehead atoms. The van der Waals surface area contributed by atoms with Gasteiger partial charge in [-0.2, -0.15) is 13.2 Å². The van der Waals surface area contributed by atoms with E-state index < -0.39 is 30.2 Å². The number of amides is 1. The van der Waals surface area contributed by atoms with E-state index >= 15 is 0 Å². The number of likely N-dealkylation sites (tertiary alicyclic amines) is 1. The van der Waals surface area contributed by atoms with Crippen LogP contribution >= 0.6 is 0 Å². The maximum atomic E-state index is 13.1. The molecule has 1 aliphatic heterocycles. The summed E-state index contributed by atoms with van der Waals surface area (Å²) < 4.78 is 49.5. The standard InChI is InChI=1S/C23H26F3N3O5/c24-23(25,26)15-5-3-14(4-6-15)22(32)29-12-18(30)11-17(29)13-33-20-2-1-8-27-21(20)19(31)10-16-7-9-34-28-16/h1-2,7-9,14-15,17-18,30H,3-6,10-13H2/t14?,15?,17-,18-/m1/s1. The first-order valence-electron chi connectivity index (χ1n) is 11.3. The molecular weight excluding hydrogens is 455 g/mol. The maximum Gasteiger partial charge on any atom is 0.391 e. The number of aliphatic hydroxyl groups excluding tert-OH is 1. The minimum absolute atomic E-state index is 0.0166. The zero-order valence-corrected chi connectivity index (χ0v) is 18.4. The number of carbonyl (C=O) groups excluding carboxylic acids is 2. The minimum atomic E-state index is -4.24. The Bertz CT molecular complexity index is 990. The van der Waals surface area contributed by atoms with Crippen molar-refractivity contribution in [1.82, 2.24) is 15.0 Å². The van der Waals surface area contributed by atoms with Crippen molar-refractivity contribution >= 4 is 11.7 Å². The van der Waals surface area contributed by atoms with E-state index in [0.29, 0.717) is 5.69 Å². The number of hydrogen-bond donors (Lipinski definition) is 1. The summed E-state index contributed by atoms with van der Waals surface area (Å²) >= 11 is 0. The second-order valence-electron chi connectivity index (χ2n) is 8.88. The molecule has 1 aliphatic carbocycles. The van der Waals surface area contributed by atoms with E-state index in [-0.39, 0.29) is 74.8 Å². The van der Waals surface area contributed by atoms with Gasteiger partial charge in [0.25, 0.3) is 0 Å². The summed E-state index contributed by atoms with van der Waals surface area (Å²) in [4.78, 5) is 31.4. The van der Waals surface area contributed by atoms with E-state index in [0.717, 1.165) is 0 Å². The van der Waals surface area contributed by atoms with E-state index in [9.17, 15) is 27.9 Å². The van der Waals surface area contributed by atoms with E-state index in [1.807, 2.05) is 0 Å². The van der Waals surface area contributed by atoms with Gasteiger partial charge in [-0.3, -0.25) is 9.59 Å². The normalized spacial score (nSPS) is 25.4. The molecule has 2 fully saturated rings. The Morgan fingerprint density at radius 1 is 1.21 bits per heavy atom. The number of pyridine rings is 1. The van der Waals surface area contributed by atoms with Crippen LogP contribution in [-0.4, -0.2) is 63.3 Å². The van der Waals surface area contributed by atoms with Gasteiger partial charge in [0.1, 0.15) is 24.3 Å². The number of aromatic nitrogens is 2. The second kappa shape index (κ2) is 10.1. The van der Waals surface area contributed by atoms with Gasteiger partial charge in [-0.1, -0.05) is 5.16 Å². The highest BCUT2D eigenvalue weighted by molar-refractivity contribution is 5.97. The molecule has 8 nitrogen and oxygen atoms in total. The number of rotatable bonds is 7. The smallest absolute Gasteiger partial charge is 0.391 e. The molecule has 34 heavy (non-hydrogen) atoms. The summed E-state index contributed by atoms with van der Waals surface area (Å²) in [6.45, 7) is 0.133. The summed E-state index contributed by atoms with van der Waals surface area (Å²) in [6.07, 6.45) is -1.66. The molecule has 184 valence electrons. The van der Waals surface area contributed by atoms with E-state index in [4.69, 9.17) is 9.26 Å². The first-order valence-corrected chi connectivity index (χ1v) is 11.3. The number of nitrogens with zero attached hydrogens (tertiary/aromatic N) is 3. The van der Waals surface area contributed by atoms with Gasteiger partial charge in [-0.15, -0.1) is 0 Å². The highest BCUT2D eigenvalue weighted by Gasteiger charge is 2.44. The van der Waals surface area contributed by atoms with Crippen LogP contribution in [0.4, 0.5) is 13.2 Å². The Morgan fingerprint density at radius 3 is 2.65 bits per heavy atom. The van der Waals surface area contributed by atoms with Crippen molar-refractivity contribution in [3.63, 3.8) is 0 Å². The number of ether oxygens (including phenoxy) is 1. The van der Waals surface area contributed by atoms with Crippen LogP contribution in [0.25, 0.3) is 0 Å². The van der Waals surface area contributed by atoms with Gasteiger partial charge in [-0.05, 0) is 44.2 Å². The largest absolute Gasteiger partial charge is 0.489 e. The summed E-state index contributed by atoms with van der Waals surface area (Å²) in [5, 5.41) is 13.9. The first-order chi connectivity index (χ1) is 16.2. The molecule has 11 heteroatoms. The Morgan fingerprint density at radius 2 is 1.97 bits per heavy atom. The van der Waals surface area contributed by atoms with Crippen LogP contribution in [-0.2, 0) is 11.2 Å². The van der Waals surface area contributed by atoms with Gasteiger partial charge in [0, 0.05) is 24.7 Å². The molecule has 1 saturated heterocycles. The van der Waals surface area contributed by atoms with Crippen LogP contribution in [0, 0.1) is 11.8 Å². The van der Waals surface area contributed by atoms with Crippen LogP contribution in [0.15, 0.2) is 35.2 Å². The number of ketones is 1. The van der Waals surface area contributed by atoms with Crippen molar-refractivity contribution in [1.29, 1.82) is 0 Å². The molecule has 4 rings (SSSR count). The van der Waals surface area contributed by atoms with Crippen LogP contribution in [0.3, 0.4) is 0 Å². The van der Waals surface area contributed by atoms with Gasteiger partial charge < -0.3 is 19.3 Å². The molecule has 2 aliphatic rings. The topological polar surface area (TPSA) is 106 Å². The lowest BCUT2D eigenvalue weighted by molar-refractivity contribution is -0.185. The molecule has 2 aromatic rings. The number of aliphatic hydroxyl groups is 1. The first kappa shape index (κ1) is 24.2. The lowest BCUT2D eigenvalue weighted by Crippen LogP contribution is -2.44. The SMILES string of the molecule is O=C(Cc1ccon1)c1ncccc1OC[C@H]1C[C@@H](O)CN1C(=O)C1CCC(C(F)(F)F)CC1. The van der Waals surface area contributed by atoms with Gasteiger partial charge in [0.15, 0.2) is 5.78 Å². The number of β-amino-alcohol motifs (C(OH)–C–C–N with tert-alkyl or cyclic N) is 1. The maximum absolute atomic E-state index is 13.1. The Balaban J connectivity index is 1.38. The molecule has 1 N–H and O–H groups in total. The fourth-order valence-electron chi connectivity index (χ4n) is 4.70. The number of hydrogen-bond acceptors (Lipinski definition) is 7. The van der Waals surface area contributed by atoms with Crippen LogP contribution in [0.5, 0.6) is 5.75 Å². The summed E-state index contributed by atoms with van der Waals surface area (Å²) in [6, 6.07) is 4.33. The second-order valence-corrected chi connectivity index (χ2v) is 8.88. The van der Waals surface area contributed by atoms with Crippen LogP contribution in [0.1, 0.15) is 48.3 Å². The van der Waals surface area contributed by atoms with Gasteiger partial charge in [0.2, 0.25) is 5.91 Å². The molecule has 3 heterocycles. The van der Waals surface area contributed by atoms with Crippen molar-refractivity contribution in [2.24, 2.45) is 11.8 Å². The number of Topliss-reactive ketones (excluding diaryl/α,β-unsaturated/α-hetero) is 1. The minimum Gasteiger partial charge on any atom is -0.489 e. The van der Waals surface area contributed by atoms with Gasteiger partial charge in [-0.25, -0.2) is 4.98 Å². The Hall–Kier alpha value is -2.95. The van der Waals surface area contributed by atoms with E-state index in [1.165, 1.54) is 17.4 Å². The highest BCUT2D eigenvalue weighted by Crippen LogP contribution is 2.40. The predicted octanol–water partition coefficient (Wildman–Crippen LogP) is 3.20. The fraction of sp³-hybridized carbons (Fsp3) is 0.565. The fourth-order valence-corrected chi connectivity index (χ4v) is 4.70. The van der Waals surface area contributed by atoms with Crippen molar-refractivity contribution in [3.05, 3.63) is 42.0 Å². The van der Waals surface area contributed by atoms with Gasteiger partial charge >= 0.3 is 6.18 Å². The molecule has 1 saturated carbocycles. The lowest BCUT2D eigenvalue weighted by atomic mass is 9.81. The quantitative estimate of drug-likeness (QED) is 0.606. The molecule has 0 spiro atoms. The molecule has 2 aromatic heterocycles. The molecule has 1 amide bonds. The number of halogens is 3. The number of carbonyl (C=O) groups is 2. The molecular formula is C23H26F3N3O5. The van der Waals surface area contributed by atoms with Crippen LogP contribution in [0.2, 0.25) is 0 Å². The third kappa shape index (κ3) is 5.57. The van der Waals surface area contributed by atoms with Crippen molar-refractivity contribution in [2.75, 3.05) is 13.2 Å². The zero-order valence-electron chi connectivity index (χ0n) is 18.4. The molecule has 0 aromatic carbocycles. The summed E-state index contributed by atoms with van der Waals surface area (Å²) in [7, 11) is 0. The average molecular weight is 481 g/mol. The van der Waals surface area contributed by atoms with Crippen molar-refractivity contribution < 1.29 is 37.1 Å². The molecule has 0 unspecified atom stereocenters. The Labute approximate surface area is 194 Å². The van der Waals surface area contributed by atoms with Crippen molar-refractivity contribution in [2.45, 2.75) is 56.8 Å². The van der Waals surface area contributed by atoms with Gasteiger partial charge in [0.05, 0.1) is 30.2 Å². The lowest BCUT2D eigenvalue weighted by Gasteiger charge is -2.33. The van der Waals surface area contributed by atoms with E-state index in [1.54, 1.807) is 18.2 Å². The third-order valence-corrected chi connectivity index (χ3v) is 6.51. The highest BCUT2D eigenvalue weighted by atomic mass is 19.4. The summed E-state index contributed by atoms with van der Waals surface area (Å²) in [5.41, 5.74) is 0.574. The predicted molar refractivity (Wildman–Crippen MR) is 112 cm³/mol. The van der Waals surface area contributed by atoms with Crippen molar-refractivity contribution in [3.8, 4) is 5.75 Å². The Kier molecular flexibility index (Phi) is 7.20. The summed E-state index contributed by atoms with van der Waals surface area (Å²) in [5.74, 6) is -2.18. The zero-order chi connectivity index (χ0) is 24.3. The van der Waals surface area contributed by atoms with E-state index in [2.05, 4.69) is 10.1 Å². The monoisotopic (exact) mass is 481 g/mol. The molecule has 2 atom stereocenters. The molecule has 0 radical (unpaired) electrons. The average Bonchev–Trinajstić information content (AvgIpc) is 3.46. The number of alkyl halides is 3.